The van der Waals surface area contributed by atoms with E-state index in [-0.39, 0.29) is 30.3 Å². The highest BCUT2D eigenvalue weighted by molar-refractivity contribution is 5.91. The molecule has 1 saturated heterocycles. The number of rotatable bonds is 4. The van der Waals surface area contributed by atoms with Crippen LogP contribution < -0.4 is 10.6 Å². The second kappa shape index (κ2) is 6.93. The number of carbonyl (C=O) groups excluding carboxylic acids is 1. The fourth-order valence-corrected chi connectivity index (χ4v) is 2.22. The number of hydrogen-bond donors (Lipinski definition) is 3. The van der Waals surface area contributed by atoms with Crippen LogP contribution in [0.2, 0.25) is 0 Å². The third-order valence-electron chi connectivity index (χ3n) is 3.39. The molecule has 3 N–H and O–H groups in total. The molecule has 1 aromatic rings. The van der Waals surface area contributed by atoms with Crippen molar-refractivity contribution in [1.82, 2.24) is 10.6 Å². The molecule has 0 bridgehead atoms. The van der Waals surface area contributed by atoms with Crippen molar-refractivity contribution in [3.8, 4) is 0 Å². The van der Waals surface area contributed by atoms with Gasteiger partial charge < -0.3 is 20.2 Å². The Balaban J connectivity index is 0.00000180. The highest BCUT2D eigenvalue weighted by Crippen LogP contribution is 2.15. The van der Waals surface area contributed by atoms with Crippen LogP contribution in [-0.2, 0) is 6.42 Å². The third kappa shape index (κ3) is 3.72. The molecule has 2 atom stereocenters. The molecular formula is C13H21ClN2O3. The van der Waals surface area contributed by atoms with E-state index in [1.54, 1.807) is 6.07 Å². The molecule has 1 amide bonds. The van der Waals surface area contributed by atoms with Gasteiger partial charge in [-0.1, -0.05) is 6.92 Å². The highest BCUT2D eigenvalue weighted by Gasteiger charge is 2.25. The highest BCUT2D eigenvalue weighted by atomic mass is 35.5. The Hall–Kier alpha value is -1.04. The second-order valence-electron chi connectivity index (χ2n) is 4.77. The minimum Gasteiger partial charge on any atom is -0.456 e. The first-order valence-electron chi connectivity index (χ1n) is 6.38. The van der Waals surface area contributed by atoms with Crippen molar-refractivity contribution in [2.45, 2.75) is 26.4 Å². The van der Waals surface area contributed by atoms with E-state index in [9.17, 15) is 9.90 Å². The van der Waals surface area contributed by atoms with Gasteiger partial charge in [-0.3, -0.25) is 4.79 Å². The predicted octanol–water partition coefficient (Wildman–Crippen LogP) is 0.882. The zero-order valence-electron chi connectivity index (χ0n) is 11.2. The summed E-state index contributed by atoms with van der Waals surface area (Å²) < 4.78 is 5.48. The number of aliphatic hydroxyl groups is 1. The van der Waals surface area contributed by atoms with Crippen LogP contribution in [0.1, 0.15) is 28.8 Å². The Labute approximate surface area is 119 Å². The first kappa shape index (κ1) is 16.0. The summed E-state index contributed by atoms with van der Waals surface area (Å²) in [7, 11) is 0. The number of halogens is 1. The van der Waals surface area contributed by atoms with Crippen molar-refractivity contribution in [2.24, 2.45) is 5.92 Å². The number of hydrogen-bond acceptors (Lipinski definition) is 4. The number of furan rings is 1. The van der Waals surface area contributed by atoms with E-state index in [4.69, 9.17) is 4.42 Å². The maximum Gasteiger partial charge on any atom is 0.287 e. The molecule has 1 aromatic heterocycles. The Kier molecular flexibility index (Phi) is 5.85. The van der Waals surface area contributed by atoms with Gasteiger partial charge in [0, 0.05) is 32.0 Å². The summed E-state index contributed by atoms with van der Waals surface area (Å²) in [5.41, 5.74) is 1.00. The monoisotopic (exact) mass is 288 g/mol. The molecule has 1 fully saturated rings. The molecule has 1 aliphatic rings. The standard InChI is InChI=1S/C13H20N2O3.ClH/c1-3-11-8(2)4-12(18-11)13(17)15-6-9-5-14-7-10(9)16;/h4,9-10,14,16H,3,5-7H2,1-2H3,(H,15,17);1H. The molecule has 108 valence electrons. The van der Waals surface area contributed by atoms with E-state index in [2.05, 4.69) is 10.6 Å². The lowest BCUT2D eigenvalue weighted by molar-refractivity contribution is 0.0898. The normalized spacial score (nSPS) is 22.1. The second-order valence-corrected chi connectivity index (χ2v) is 4.77. The van der Waals surface area contributed by atoms with Crippen molar-refractivity contribution in [3.05, 3.63) is 23.2 Å². The Morgan fingerprint density at radius 1 is 1.58 bits per heavy atom. The van der Waals surface area contributed by atoms with Crippen LogP contribution in [0.5, 0.6) is 0 Å². The van der Waals surface area contributed by atoms with Crippen LogP contribution in [0.15, 0.2) is 10.5 Å². The number of nitrogens with one attached hydrogen (secondary N) is 2. The molecule has 0 aliphatic carbocycles. The molecule has 0 spiro atoms. The first-order valence-corrected chi connectivity index (χ1v) is 6.38. The first-order chi connectivity index (χ1) is 8.61. The molecule has 2 unspecified atom stereocenters. The van der Waals surface area contributed by atoms with Gasteiger partial charge in [-0.2, -0.15) is 0 Å². The van der Waals surface area contributed by atoms with Crippen molar-refractivity contribution >= 4 is 18.3 Å². The predicted molar refractivity (Wildman–Crippen MR) is 74.8 cm³/mol. The zero-order valence-corrected chi connectivity index (χ0v) is 12.0. The minimum absolute atomic E-state index is 0. The van der Waals surface area contributed by atoms with E-state index in [1.165, 1.54) is 0 Å². The maximum atomic E-state index is 11.9. The quantitative estimate of drug-likeness (QED) is 0.769. The molecular weight excluding hydrogens is 268 g/mol. The summed E-state index contributed by atoms with van der Waals surface area (Å²) in [5, 5.41) is 15.5. The zero-order chi connectivity index (χ0) is 13.1. The van der Waals surface area contributed by atoms with Crippen LogP contribution >= 0.6 is 12.4 Å². The van der Waals surface area contributed by atoms with Crippen LogP contribution in [0.3, 0.4) is 0 Å². The number of amides is 1. The van der Waals surface area contributed by atoms with Gasteiger partial charge in [-0.15, -0.1) is 12.4 Å². The summed E-state index contributed by atoms with van der Waals surface area (Å²) >= 11 is 0. The minimum atomic E-state index is -0.380. The summed E-state index contributed by atoms with van der Waals surface area (Å²) in [6.45, 7) is 5.73. The van der Waals surface area contributed by atoms with E-state index < -0.39 is 0 Å². The number of aliphatic hydroxyl groups excluding tert-OH is 1. The largest absolute Gasteiger partial charge is 0.456 e. The topological polar surface area (TPSA) is 74.5 Å². The van der Waals surface area contributed by atoms with Crippen LogP contribution in [0.4, 0.5) is 0 Å². The van der Waals surface area contributed by atoms with Gasteiger partial charge in [0.2, 0.25) is 0 Å². The lowest BCUT2D eigenvalue weighted by Crippen LogP contribution is -2.34. The van der Waals surface area contributed by atoms with E-state index in [1.807, 2.05) is 13.8 Å². The number of carbonyl (C=O) groups is 1. The van der Waals surface area contributed by atoms with Gasteiger partial charge in [0.25, 0.3) is 5.91 Å². The van der Waals surface area contributed by atoms with Gasteiger partial charge in [-0.05, 0) is 18.6 Å². The third-order valence-corrected chi connectivity index (χ3v) is 3.39. The maximum absolute atomic E-state index is 11.9. The summed E-state index contributed by atoms with van der Waals surface area (Å²) in [4.78, 5) is 11.9. The van der Waals surface area contributed by atoms with Gasteiger partial charge in [0.15, 0.2) is 5.76 Å². The van der Waals surface area contributed by atoms with Gasteiger partial charge in [0.1, 0.15) is 5.76 Å². The summed E-state index contributed by atoms with van der Waals surface area (Å²) in [6.07, 6.45) is 0.402. The molecule has 2 heterocycles. The smallest absolute Gasteiger partial charge is 0.287 e. The lowest BCUT2D eigenvalue weighted by atomic mass is 10.1. The average molecular weight is 289 g/mol. The van der Waals surface area contributed by atoms with Gasteiger partial charge in [0.05, 0.1) is 6.10 Å². The van der Waals surface area contributed by atoms with Gasteiger partial charge >= 0.3 is 0 Å². The molecule has 19 heavy (non-hydrogen) atoms. The summed E-state index contributed by atoms with van der Waals surface area (Å²) in [6, 6.07) is 1.76. The van der Waals surface area contributed by atoms with Crippen molar-refractivity contribution < 1.29 is 14.3 Å². The molecule has 0 radical (unpaired) electrons. The molecule has 0 saturated carbocycles. The molecule has 5 nitrogen and oxygen atoms in total. The van der Waals surface area contributed by atoms with Crippen LogP contribution in [0.25, 0.3) is 0 Å². The van der Waals surface area contributed by atoms with Crippen LogP contribution in [0, 0.1) is 12.8 Å². The Morgan fingerprint density at radius 2 is 2.32 bits per heavy atom. The summed E-state index contributed by atoms with van der Waals surface area (Å²) in [5.74, 6) is 1.07. The number of aryl methyl sites for hydroxylation is 2. The Morgan fingerprint density at radius 3 is 2.84 bits per heavy atom. The molecule has 0 aromatic carbocycles. The fourth-order valence-electron chi connectivity index (χ4n) is 2.22. The Bertz CT molecular complexity index is 434. The lowest BCUT2D eigenvalue weighted by Gasteiger charge is -2.13. The van der Waals surface area contributed by atoms with Crippen LogP contribution in [-0.4, -0.2) is 36.8 Å². The fraction of sp³-hybridized carbons (Fsp3) is 0.615. The molecule has 6 heteroatoms. The average Bonchev–Trinajstić information content (AvgIpc) is 2.92. The van der Waals surface area contributed by atoms with E-state index in [0.717, 1.165) is 24.3 Å². The SMILES string of the molecule is CCc1oc(C(=O)NCC2CNCC2O)cc1C.Cl. The van der Waals surface area contributed by atoms with Crippen molar-refractivity contribution in [2.75, 3.05) is 19.6 Å². The van der Waals surface area contributed by atoms with Crippen molar-refractivity contribution in [1.29, 1.82) is 0 Å². The van der Waals surface area contributed by atoms with Gasteiger partial charge in [-0.25, -0.2) is 0 Å². The molecule has 2 rings (SSSR count). The van der Waals surface area contributed by atoms with E-state index in [0.29, 0.717) is 18.8 Å². The molecule has 1 aliphatic heterocycles. The number of β-amino-alcohol motifs (C(OH)–C–C–N with tert-alkyl or cyclic N) is 1. The van der Waals surface area contributed by atoms with E-state index >= 15 is 0 Å². The van der Waals surface area contributed by atoms with Crippen molar-refractivity contribution in [3.63, 3.8) is 0 Å².